The molecule has 0 amide bonds. The highest BCUT2D eigenvalue weighted by Crippen LogP contribution is 2.37. The third-order valence-electron chi connectivity index (χ3n) is 5.97. The van der Waals surface area contributed by atoms with Crippen LogP contribution in [0.1, 0.15) is 68.2 Å². The van der Waals surface area contributed by atoms with Crippen molar-refractivity contribution in [2.75, 3.05) is 11.0 Å². The number of carbonyl (C=O) groups excluding carboxylic acids is 1. The van der Waals surface area contributed by atoms with Gasteiger partial charge in [0.25, 0.3) is 0 Å². The third-order valence-corrected chi connectivity index (χ3v) is 7.94. The number of anilines is 1. The van der Waals surface area contributed by atoms with E-state index in [4.69, 9.17) is 0 Å². The number of aryl methyl sites for hydroxylation is 1. The molecule has 1 aliphatic rings. The number of nitrogens with one attached hydrogen (secondary N) is 1. The van der Waals surface area contributed by atoms with Crippen LogP contribution in [0.5, 0.6) is 0 Å². The summed E-state index contributed by atoms with van der Waals surface area (Å²) < 4.78 is 78.8. The van der Waals surface area contributed by atoms with Gasteiger partial charge >= 0.3 is 6.18 Å². The van der Waals surface area contributed by atoms with Gasteiger partial charge in [-0.2, -0.15) is 13.2 Å². The summed E-state index contributed by atoms with van der Waals surface area (Å²) >= 11 is 1.36. The van der Waals surface area contributed by atoms with Crippen molar-refractivity contribution in [2.45, 2.75) is 74.2 Å². The van der Waals surface area contributed by atoms with Gasteiger partial charge in [-0.15, -0.1) is 11.8 Å². The molecule has 1 aromatic heterocycles. The lowest BCUT2D eigenvalue weighted by Gasteiger charge is -2.22. The molecule has 0 radical (unpaired) electrons. The molecule has 1 aromatic carbocycles. The number of Topliss-reactive ketones (excluding diaryl/α,β-unsaturated/α-hetero) is 1. The molecule has 1 saturated carbocycles. The van der Waals surface area contributed by atoms with Gasteiger partial charge < -0.3 is 0 Å². The van der Waals surface area contributed by atoms with Crippen molar-refractivity contribution in [3.63, 3.8) is 0 Å². The van der Waals surface area contributed by atoms with Crippen molar-refractivity contribution in [2.24, 2.45) is 0 Å². The Bertz CT molecular complexity index is 1160. The SMILES string of the molecule is CC(C(=O)CCc1ccc(C(F)(F)F)nc1SC1CCCCC1)c1ccc(NS(C)(=O)=O)c(F)c1. The lowest BCUT2D eigenvalue weighted by molar-refractivity contribution is -0.141. The normalized spacial score (nSPS) is 16.2. The van der Waals surface area contributed by atoms with Crippen LogP contribution in [-0.2, 0) is 27.4 Å². The first kappa shape index (κ1) is 27.4. The van der Waals surface area contributed by atoms with Crippen LogP contribution in [0.4, 0.5) is 23.2 Å². The Hall–Kier alpha value is -2.14. The number of pyridine rings is 1. The molecule has 1 aliphatic carbocycles. The minimum absolute atomic E-state index is 0.0530. The number of ketones is 1. The minimum Gasteiger partial charge on any atom is -0.299 e. The van der Waals surface area contributed by atoms with E-state index < -0.39 is 33.6 Å². The highest BCUT2D eigenvalue weighted by Gasteiger charge is 2.33. The van der Waals surface area contributed by atoms with E-state index in [-0.39, 0.29) is 29.6 Å². The predicted octanol–water partition coefficient (Wildman–Crippen LogP) is 6.34. The molecule has 0 spiro atoms. The van der Waals surface area contributed by atoms with E-state index in [1.165, 1.54) is 30.0 Å². The van der Waals surface area contributed by atoms with Gasteiger partial charge in [-0.25, -0.2) is 17.8 Å². The van der Waals surface area contributed by atoms with E-state index >= 15 is 0 Å². The molecule has 1 heterocycles. The maximum Gasteiger partial charge on any atom is 0.433 e. The number of halogens is 4. The van der Waals surface area contributed by atoms with Crippen molar-refractivity contribution in [1.82, 2.24) is 4.98 Å². The summed E-state index contributed by atoms with van der Waals surface area (Å²) in [4.78, 5) is 16.7. The van der Waals surface area contributed by atoms with E-state index in [1.54, 1.807) is 6.92 Å². The predicted molar refractivity (Wildman–Crippen MR) is 129 cm³/mol. The largest absolute Gasteiger partial charge is 0.433 e. The zero-order valence-corrected chi connectivity index (χ0v) is 21.1. The summed E-state index contributed by atoms with van der Waals surface area (Å²) in [6, 6.07) is 6.18. The fraction of sp³-hybridized carbons (Fsp3) is 0.500. The van der Waals surface area contributed by atoms with Crippen LogP contribution >= 0.6 is 11.8 Å². The molecule has 0 bridgehead atoms. The maximum absolute atomic E-state index is 14.3. The fourth-order valence-electron chi connectivity index (χ4n) is 4.00. The molecular formula is C24H28F4N2O3S2. The number of sulfonamides is 1. The highest BCUT2D eigenvalue weighted by molar-refractivity contribution is 7.99. The van der Waals surface area contributed by atoms with Crippen molar-refractivity contribution in [1.29, 1.82) is 0 Å². The van der Waals surface area contributed by atoms with Crippen molar-refractivity contribution in [3.05, 3.63) is 53.0 Å². The molecule has 5 nitrogen and oxygen atoms in total. The molecule has 3 rings (SSSR count). The second-order valence-corrected chi connectivity index (χ2v) is 11.9. The molecule has 192 valence electrons. The van der Waals surface area contributed by atoms with Gasteiger partial charge in [0.15, 0.2) is 0 Å². The molecule has 1 atom stereocenters. The van der Waals surface area contributed by atoms with E-state index in [0.29, 0.717) is 16.2 Å². The van der Waals surface area contributed by atoms with Gasteiger partial charge in [-0.05, 0) is 48.6 Å². The van der Waals surface area contributed by atoms with E-state index in [9.17, 15) is 30.8 Å². The smallest absolute Gasteiger partial charge is 0.299 e. The standard InChI is InChI=1S/C24H28F4N2O3S2/c1-15(17-8-11-20(19(25)14-17)30-35(2,32)33)21(31)12-9-16-10-13-22(24(26,27)28)29-23(16)34-18-6-4-3-5-7-18/h8,10-11,13-15,18,30H,3-7,9,12H2,1-2H3. The zero-order valence-electron chi connectivity index (χ0n) is 19.5. The summed E-state index contributed by atoms with van der Waals surface area (Å²) in [5, 5.41) is 0.518. The van der Waals surface area contributed by atoms with Crippen LogP contribution in [0.3, 0.4) is 0 Å². The molecule has 1 N–H and O–H groups in total. The summed E-state index contributed by atoms with van der Waals surface area (Å²) in [6.45, 7) is 1.61. The van der Waals surface area contributed by atoms with Gasteiger partial charge in [-0.1, -0.05) is 38.3 Å². The zero-order chi connectivity index (χ0) is 25.8. The Balaban J connectivity index is 1.72. The average Bonchev–Trinajstić information content (AvgIpc) is 2.78. The fourth-order valence-corrected chi connectivity index (χ4v) is 5.93. The number of hydrogen-bond acceptors (Lipinski definition) is 5. The van der Waals surface area contributed by atoms with Gasteiger partial charge in [0.2, 0.25) is 10.0 Å². The van der Waals surface area contributed by atoms with E-state index in [2.05, 4.69) is 9.71 Å². The molecule has 0 aliphatic heterocycles. The number of aromatic nitrogens is 1. The molecule has 0 saturated heterocycles. The summed E-state index contributed by atoms with van der Waals surface area (Å²) in [7, 11) is -3.65. The Morgan fingerprint density at radius 2 is 1.86 bits per heavy atom. The number of carbonyl (C=O) groups is 1. The van der Waals surface area contributed by atoms with Crippen LogP contribution in [0.2, 0.25) is 0 Å². The van der Waals surface area contributed by atoms with Crippen LogP contribution in [0.25, 0.3) is 0 Å². The van der Waals surface area contributed by atoms with Crippen molar-refractivity contribution < 1.29 is 30.8 Å². The van der Waals surface area contributed by atoms with Crippen LogP contribution in [0, 0.1) is 5.82 Å². The van der Waals surface area contributed by atoms with Crippen molar-refractivity contribution in [3.8, 4) is 0 Å². The van der Waals surface area contributed by atoms with Gasteiger partial charge in [-0.3, -0.25) is 9.52 Å². The number of alkyl halides is 3. The molecule has 1 fully saturated rings. The monoisotopic (exact) mass is 532 g/mol. The Labute approximate surface area is 207 Å². The quantitative estimate of drug-likeness (QED) is 0.382. The second kappa shape index (κ2) is 11.3. The first-order chi connectivity index (χ1) is 16.3. The third kappa shape index (κ3) is 7.93. The average molecular weight is 533 g/mol. The molecule has 2 aromatic rings. The Kier molecular flexibility index (Phi) is 8.85. The summed E-state index contributed by atoms with van der Waals surface area (Å²) in [5.41, 5.74) is -0.185. The molecule has 35 heavy (non-hydrogen) atoms. The van der Waals surface area contributed by atoms with Gasteiger partial charge in [0, 0.05) is 17.6 Å². The molecule has 11 heteroatoms. The lowest BCUT2D eigenvalue weighted by Crippen LogP contribution is -2.14. The first-order valence-electron chi connectivity index (χ1n) is 11.4. The van der Waals surface area contributed by atoms with Crippen LogP contribution in [-0.4, -0.2) is 30.7 Å². The Morgan fingerprint density at radius 1 is 1.17 bits per heavy atom. The number of benzene rings is 1. The topological polar surface area (TPSA) is 76.1 Å². The maximum atomic E-state index is 14.3. The molecule has 1 unspecified atom stereocenters. The number of nitrogens with zero attached hydrogens (tertiary/aromatic N) is 1. The van der Waals surface area contributed by atoms with E-state index in [1.807, 2.05) is 0 Å². The number of rotatable bonds is 9. The summed E-state index contributed by atoms with van der Waals surface area (Å²) in [5.74, 6) is -1.68. The van der Waals surface area contributed by atoms with E-state index in [0.717, 1.165) is 50.5 Å². The summed E-state index contributed by atoms with van der Waals surface area (Å²) in [6.07, 6.45) is 1.68. The Morgan fingerprint density at radius 3 is 2.46 bits per heavy atom. The lowest BCUT2D eigenvalue weighted by atomic mass is 9.93. The second-order valence-electron chi connectivity index (χ2n) is 8.84. The van der Waals surface area contributed by atoms with Crippen LogP contribution in [0.15, 0.2) is 35.4 Å². The number of hydrogen-bond donors (Lipinski definition) is 1. The van der Waals surface area contributed by atoms with Gasteiger partial charge in [0.05, 0.1) is 11.9 Å². The number of thioether (sulfide) groups is 1. The van der Waals surface area contributed by atoms with Crippen LogP contribution < -0.4 is 4.72 Å². The highest BCUT2D eigenvalue weighted by atomic mass is 32.2. The van der Waals surface area contributed by atoms with Crippen molar-refractivity contribution >= 4 is 33.3 Å². The van der Waals surface area contributed by atoms with Gasteiger partial charge in [0.1, 0.15) is 22.3 Å². The molecular weight excluding hydrogens is 504 g/mol. The first-order valence-corrected chi connectivity index (χ1v) is 14.1. The minimum atomic E-state index is -4.55.